The summed E-state index contributed by atoms with van der Waals surface area (Å²) in [4.78, 5) is 20.4. The number of aromatic nitrogens is 3. The molecule has 2 heterocycles. The zero-order chi connectivity index (χ0) is 15.2. The number of ether oxygens (including phenoxy) is 1. The lowest BCUT2D eigenvalue weighted by molar-refractivity contribution is -0.132. The van der Waals surface area contributed by atoms with Gasteiger partial charge >= 0.3 is 0 Å². The van der Waals surface area contributed by atoms with Crippen LogP contribution in [0.4, 0.5) is 0 Å². The monoisotopic (exact) mass is 290 g/mol. The standard InChI is InChI=1S/C15H22N4O2/c1-11(2)10-21-12(3)14(20)16-7-5-13-9-19-8-4-6-17-15(19)18-13/h4,6,8-9,11-12H,5,7,10H2,1-3H3,(H,16,20). The normalized spacial score (nSPS) is 12.8. The summed E-state index contributed by atoms with van der Waals surface area (Å²) in [6.45, 7) is 7.02. The third kappa shape index (κ3) is 4.53. The van der Waals surface area contributed by atoms with Crippen LogP contribution in [0.3, 0.4) is 0 Å². The minimum Gasteiger partial charge on any atom is -0.368 e. The molecule has 0 aliphatic rings. The third-order valence-electron chi connectivity index (χ3n) is 3.01. The zero-order valence-electron chi connectivity index (χ0n) is 12.7. The maximum Gasteiger partial charge on any atom is 0.248 e. The lowest BCUT2D eigenvalue weighted by Crippen LogP contribution is -2.36. The van der Waals surface area contributed by atoms with Crippen LogP contribution >= 0.6 is 0 Å². The van der Waals surface area contributed by atoms with E-state index in [4.69, 9.17) is 4.74 Å². The van der Waals surface area contributed by atoms with Gasteiger partial charge in [0.25, 0.3) is 0 Å². The van der Waals surface area contributed by atoms with E-state index >= 15 is 0 Å². The lowest BCUT2D eigenvalue weighted by Gasteiger charge is -2.14. The van der Waals surface area contributed by atoms with Crippen molar-refractivity contribution in [2.45, 2.75) is 33.3 Å². The molecule has 0 fully saturated rings. The minimum atomic E-state index is -0.421. The summed E-state index contributed by atoms with van der Waals surface area (Å²) >= 11 is 0. The number of rotatable bonds is 7. The molecule has 1 amide bonds. The van der Waals surface area contributed by atoms with Crippen molar-refractivity contribution in [2.75, 3.05) is 13.2 Å². The molecule has 21 heavy (non-hydrogen) atoms. The number of nitrogens with one attached hydrogen (secondary N) is 1. The molecule has 0 bridgehead atoms. The highest BCUT2D eigenvalue weighted by atomic mass is 16.5. The van der Waals surface area contributed by atoms with Crippen molar-refractivity contribution in [3.8, 4) is 0 Å². The minimum absolute atomic E-state index is 0.0856. The fourth-order valence-electron chi connectivity index (χ4n) is 1.87. The Morgan fingerprint density at radius 1 is 1.43 bits per heavy atom. The molecule has 1 atom stereocenters. The van der Waals surface area contributed by atoms with Gasteiger partial charge in [-0.15, -0.1) is 0 Å². The van der Waals surface area contributed by atoms with Crippen LogP contribution in [0.25, 0.3) is 5.78 Å². The molecule has 2 aromatic rings. The van der Waals surface area contributed by atoms with Crippen molar-refractivity contribution in [3.63, 3.8) is 0 Å². The first-order valence-electron chi connectivity index (χ1n) is 7.24. The van der Waals surface area contributed by atoms with Crippen molar-refractivity contribution in [2.24, 2.45) is 5.92 Å². The molecule has 0 aliphatic carbocycles. The predicted octanol–water partition coefficient (Wildman–Crippen LogP) is 1.45. The first kappa shape index (κ1) is 15.4. The van der Waals surface area contributed by atoms with E-state index in [0.29, 0.717) is 31.3 Å². The van der Waals surface area contributed by atoms with E-state index in [-0.39, 0.29) is 5.91 Å². The van der Waals surface area contributed by atoms with Gasteiger partial charge in [-0.1, -0.05) is 13.8 Å². The van der Waals surface area contributed by atoms with Crippen LogP contribution in [0.1, 0.15) is 26.5 Å². The van der Waals surface area contributed by atoms with Gasteiger partial charge in [0.2, 0.25) is 11.7 Å². The highest BCUT2D eigenvalue weighted by Crippen LogP contribution is 2.02. The first-order valence-corrected chi connectivity index (χ1v) is 7.24. The van der Waals surface area contributed by atoms with Crippen LogP contribution in [-0.4, -0.2) is 39.5 Å². The molecular formula is C15H22N4O2. The van der Waals surface area contributed by atoms with E-state index in [2.05, 4.69) is 29.1 Å². The summed E-state index contributed by atoms with van der Waals surface area (Å²) < 4.78 is 7.34. The van der Waals surface area contributed by atoms with Crippen molar-refractivity contribution >= 4 is 11.7 Å². The number of carbonyl (C=O) groups is 1. The van der Waals surface area contributed by atoms with Gasteiger partial charge in [-0.25, -0.2) is 9.97 Å². The quantitative estimate of drug-likeness (QED) is 0.838. The van der Waals surface area contributed by atoms with E-state index < -0.39 is 6.10 Å². The second-order valence-electron chi connectivity index (χ2n) is 5.47. The molecule has 0 saturated heterocycles. The Labute approximate surface area is 124 Å². The number of imidazole rings is 1. The second-order valence-corrected chi connectivity index (χ2v) is 5.47. The largest absolute Gasteiger partial charge is 0.368 e. The van der Waals surface area contributed by atoms with Crippen LogP contribution in [0.15, 0.2) is 24.7 Å². The molecule has 0 aliphatic heterocycles. The maximum absolute atomic E-state index is 11.8. The van der Waals surface area contributed by atoms with Gasteiger partial charge in [0.1, 0.15) is 6.10 Å². The van der Waals surface area contributed by atoms with Gasteiger partial charge in [0.15, 0.2) is 0 Å². The van der Waals surface area contributed by atoms with Crippen molar-refractivity contribution in [1.82, 2.24) is 19.7 Å². The van der Waals surface area contributed by atoms with Crippen LogP contribution < -0.4 is 5.32 Å². The summed E-state index contributed by atoms with van der Waals surface area (Å²) in [7, 11) is 0. The van der Waals surface area contributed by atoms with Crippen LogP contribution in [0, 0.1) is 5.92 Å². The SMILES string of the molecule is CC(C)COC(C)C(=O)NCCc1cn2cccnc2n1. The second kappa shape index (κ2) is 7.17. The predicted molar refractivity (Wildman–Crippen MR) is 80.0 cm³/mol. The van der Waals surface area contributed by atoms with Gasteiger partial charge in [-0.3, -0.25) is 9.20 Å². The summed E-state index contributed by atoms with van der Waals surface area (Å²) in [6, 6.07) is 1.86. The Balaban J connectivity index is 1.77. The van der Waals surface area contributed by atoms with E-state index in [1.165, 1.54) is 0 Å². The molecule has 0 saturated carbocycles. The molecule has 6 heteroatoms. The van der Waals surface area contributed by atoms with Crippen LogP contribution in [0.5, 0.6) is 0 Å². The summed E-state index contributed by atoms with van der Waals surface area (Å²) in [6.07, 6.45) is 5.79. The molecule has 6 nitrogen and oxygen atoms in total. The Bertz CT molecular complexity index is 561. The van der Waals surface area contributed by atoms with Gasteiger partial charge < -0.3 is 10.1 Å². The molecular weight excluding hydrogens is 268 g/mol. The average molecular weight is 290 g/mol. The van der Waals surface area contributed by atoms with E-state index in [9.17, 15) is 4.79 Å². The Morgan fingerprint density at radius 3 is 2.95 bits per heavy atom. The Morgan fingerprint density at radius 2 is 2.24 bits per heavy atom. The van der Waals surface area contributed by atoms with Crippen molar-refractivity contribution < 1.29 is 9.53 Å². The highest BCUT2D eigenvalue weighted by Gasteiger charge is 2.13. The molecule has 0 aromatic carbocycles. The Kier molecular flexibility index (Phi) is 5.27. The van der Waals surface area contributed by atoms with Gasteiger partial charge in [-0.05, 0) is 18.9 Å². The number of fused-ring (bicyclic) bond motifs is 1. The molecule has 114 valence electrons. The zero-order valence-corrected chi connectivity index (χ0v) is 12.7. The summed E-state index contributed by atoms with van der Waals surface area (Å²) in [5.41, 5.74) is 0.907. The van der Waals surface area contributed by atoms with E-state index in [1.807, 2.05) is 22.9 Å². The topological polar surface area (TPSA) is 68.5 Å². The lowest BCUT2D eigenvalue weighted by atomic mass is 10.2. The maximum atomic E-state index is 11.8. The van der Waals surface area contributed by atoms with Crippen molar-refractivity contribution in [3.05, 3.63) is 30.4 Å². The summed E-state index contributed by atoms with van der Waals surface area (Å²) in [5.74, 6) is 1.01. The van der Waals surface area contributed by atoms with Gasteiger partial charge in [0.05, 0.1) is 5.69 Å². The number of hydrogen-bond acceptors (Lipinski definition) is 4. The molecule has 2 aromatic heterocycles. The fourth-order valence-corrected chi connectivity index (χ4v) is 1.87. The third-order valence-corrected chi connectivity index (χ3v) is 3.01. The fraction of sp³-hybridized carbons (Fsp3) is 0.533. The molecule has 2 rings (SSSR count). The number of nitrogens with zero attached hydrogens (tertiary/aromatic N) is 3. The number of carbonyl (C=O) groups excluding carboxylic acids is 1. The van der Waals surface area contributed by atoms with Gasteiger partial charge in [0, 0.05) is 38.2 Å². The average Bonchev–Trinajstić information content (AvgIpc) is 2.87. The van der Waals surface area contributed by atoms with Crippen LogP contribution in [0.2, 0.25) is 0 Å². The van der Waals surface area contributed by atoms with Gasteiger partial charge in [-0.2, -0.15) is 0 Å². The number of hydrogen-bond donors (Lipinski definition) is 1. The molecule has 1 N–H and O–H groups in total. The molecule has 0 spiro atoms. The molecule has 1 unspecified atom stereocenters. The Hall–Kier alpha value is -1.95. The van der Waals surface area contributed by atoms with E-state index in [1.54, 1.807) is 13.1 Å². The van der Waals surface area contributed by atoms with Crippen molar-refractivity contribution in [1.29, 1.82) is 0 Å². The van der Waals surface area contributed by atoms with Crippen LogP contribution in [-0.2, 0) is 16.0 Å². The number of amides is 1. The highest BCUT2D eigenvalue weighted by molar-refractivity contribution is 5.80. The van der Waals surface area contributed by atoms with E-state index in [0.717, 1.165) is 5.69 Å². The summed E-state index contributed by atoms with van der Waals surface area (Å²) in [5, 5.41) is 2.87. The first-order chi connectivity index (χ1) is 10.1. The molecule has 0 radical (unpaired) electrons. The smallest absolute Gasteiger partial charge is 0.248 e.